The second-order valence-electron chi connectivity index (χ2n) is 7.36. The fraction of sp³-hybridized carbons (Fsp3) is 0.800. The van der Waals surface area contributed by atoms with Crippen LogP contribution in [0.5, 0.6) is 0 Å². The van der Waals surface area contributed by atoms with E-state index in [1.165, 1.54) is 6.20 Å². The predicted molar refractivity (Wildman–Crippen MR) is 82.9 cm³/mol. The lowest BCUT2D eigenvalue weighted by atomic mass is 9.48. The summed E-state index contributed by atoms with van der Waals surface area (Å²) < 4.78 is 32.7. The van der Waals surface area contributed by atoms with Crippen molar-refractivity contribution in [3.8, 4) is 0 Å². The van der Waals surface area contributed by atoms with Gasteiger partial charge in [-0.15, -0.1) is 0 Å². The van der Waals surface area contributed by atoms with E-state index < -0.39 is 10.0 Å². The number of H-pyrrole nitrogens is 1. The standard InChI is InChI=1S/C15H25N3O3S/c1-5-12-16-6-13(17-12)22(19,20)18-7-11-14(2,3)8-15(11,9-18)10-21-4/h6,11H,5,7-10H2,1-4H3,(H,16,17)/t11-,15-/m1/s1. The van der Waals surface area contributed by atoms with Gasteiger partial charge in [0.05, 0.1) is 12.8 Å². The largest absolute Gasteiger partial charge is 0.384 e. The molecule has 0 amide bonds. The van der Waals surface area contributed by atoms with Gasteiger partial charge in [0.2, 0.25) is 0 Å². The number of nitrogens with one attached hydrogen (secondary N) is 1. The molecule has 0 spiro atoms. The van der Waals surface area contributed by atoms with Crippen LogP contribution in [-0.2, 0) is 21.2 Å². The Morgan fingerprint density at radius 2 is 2.23 bits per heavy atom. The molecule has 2 fully saturated rings. The highest BCUT2D eigenvalue weighted by atomic mass is 32.2. The third-order valence-corrected chi connectivity index (χ3v) is 7.08. The summed E-state index contributed by atoms with van der Waals surface area (Å²) in [6, 6.07) is 0. The molecule has 1 aliphatic heterocycles. The van der Waals surface area contributed by atoms with Gasteiger partial charge in [0.15, 0.2) is 5.03 Å². The Morgan fingerprint density at radius 3 is 2.77 bits per heavy atom. The zero-order valence-corrected chi connectivity index (χ0v) is 14.5. The summed E-state index contributed by atoms with van der Waals surface area (Å²) in [5.74, 6) is 1.05. The van der Waals surface area contributed by atoms with E-state index in [2.05, 4.69) is 23.8 Å². The van der Waals surface area contributed by atoms with E-state index in [0.29, 0.717) is 37.9 Å². The maximum Gasteiger partial charge on any atom is 0.260 e. The van der Waals surface area contributed by atoms with Crippen LogP contribution in [0.1, 0.15) is 33.0 Å². The van der Waals surface area contributed by atoms with Crippen LogP contribution in [-0.4, -0.2) is 49.5 Å². The first-order valence-electron chi connectivity index (χ1n) is 7.78. The maximum atomic E-state index is 12.9. The summed E-state index contributed by atoms with van der Waals surface area (Å²) in [5.41, 5.74) is 0.143. The van der Waals surface area contributed by atoms with Crippen LogP contribution in [0.15, 0.2) is 11.2 Å². The van der Waals surface area contributed by atoms with Crippen molar-refractivity contribution in [3.05, 3.63) is 12.0 Å². The van der Waals surface area contributed by atoms with E-state index in [1.54, 1.807) is 11.4 Å². The van der Waals surface area contributed by atoms with Gasteiger partial charge >= 0.3 is 0 Å². The summed E-state index contributed by atoms with van der Waals surface area (Å²) in [5, 5.41) is 0.205. The predicted octanol–water partition coefficient (Wildman–Crippen LogP) is 1.66. The Kier molecular flexibility index (Phi) is 3.66. The number of aromatic nitrogens is 2. The van der Waals surface area contributed by atoms with Crippen LogP contribution in [0.25, 0.3) is 0 Å². The van der Waals surface area contributed by atoms with Crippen molar-refractivity contribution >= 4 is 10.0 Å². The number of imidazole rings is 1. The number of aromatic amines is 1. The first-order valence-corrected chi connectivity index (χ1v) is 9.22. The smallest absolute Gasteiger partial charge is 0.260 e. The molecule has 2 heterocycles. The normalized spacial score (nSPS) is 31.0. The number of hydrogen-bond donors (Lipinski definition) is 1. The van der Waals surface area contributed by atoms with Crippen LogP contribution in [0.2, 0.25) is 0 Å². The average molecular weight is 327 g/mol. The van der Waals surface area contributed by atoms with Gasteiger partial charge in [-0.25, -0.2) is 13.4 Å². The van der Waals surface area contributed by atoms with E-state index in [0.717, 1.165) is 6.42 Å². The second-order valence-corrected chi connectivity index (χ2v) is 9.26. The molecule has 124 valence electrons. The lowest BCUT2D eigenvalue weighted by Gasteiger charge is -2.56. The zero-order valence-electron chi connectivity index (χ0n) is 13.7. The summed E-state index contributed by atoms with van der Waals surface area (Å²) in [6.45, 7) is 8.11. The lowest BCUT2D eigenvalue weighted by molar-refractivity contribution is -0.106. The minimum atomic E-state index is -3.50. The number of hydrogen-bond acceptors (Lipinski definition) is 4. The van der Waals surface area contributed by atoms with E-state index in [-0.39, 0.29) is 15.9 Å². The van der Waals surface area contributed by atoms with Crippen LogP contribution < -0.4 is 0 Å². The second kappa shape index (κ2) is 5.04. The molecule has 1 aliphatic carbocycles. The number of sulfonamides is 1. The van der Waals surface area contributed by atoms with E-state index in [4.69, 9.17) is 4.74 Å². The van der Waals surface area contributed by atoms with Crippen molar-refractivity contribution in [2.75, 3.05) is 26.8 Å². The van der Waals surface area contributed by atoms with Gasteiger partial charge in [0, 0.05) is 32.0 Å². The average Bonchev–Trinajstić information content (AvgIpc) is 3.02. The minimum absolute atomic E-state index is 0.0288. The van der Waals surface area contributed by atoms with Gasteiger partial charge in [-0.3, -0.25) is 0 Å². The molecule has 3 rings (SSSR count). The Balaban J connectivity index is 1.87. The maximum absolute atomic E-state index is 12.9. The van der Waals surface area contributed by atoms with Crippen molar-refractivity contribution in [2.24, 2.45) is 16.7 Å². The van der Waals surface area contributed by atoms with Crippen molar-refractivity contribution in [1.29, 1.82) is 0 Å². The highest BCUT2D eigenvalue weighted by Crippen LogP contribution is 2.63. The molecule has 1 aromatic heterocycles. The van der Waals surface area contributed by atoms with Gasteiger partial charge in [-0.05, 0) is 17.8 Å². The first kappa shape index (κ1) is 16.0. The SMILES string of the molecule is CCc1ncc(S(=O)(=O)N2C[C@@H]3C(C)(C)C[C@]3(COC)C2)[nH]1. The number of ether oxygens (including phenoxy) is 1. The van der Waals surface area contributed by atoms with Gasteiger partial charge in [-0.1, -0.05) is 20.8 Å². The van der Waals surface area contributed by atoms with Crippen LogP contribution >= 0.6 is 0 Å². The Hall–Kier alpha value is -0.920. The molecule has 2 aliphatic rings. The van der Waals surface area contributed by atoms with Crippen molar-refractivity contribution in [1.82, 2.24) is 14.3 Å². The van der Waals surface area contributed by atoms with E-state index in [9.17, 15) is 8.42 Å². The zero-order chi connectivity index (χ0) is 16.2. The Bertz CT molecular complexity index is 667. The molecule has 6 nitrogen and oxygen atoms in total. The number of fused-ring (bicyclic) bond motifs is 1. The van der Waals surface area contributed by atoms with Crippen LogP contribution in [0.4, 0.5) is 0 Å². The molecule has 1 saturated heterocycles. The molecule has 1 aromatic rings. The monoisotopic (exact) mass is 327 g/mol. The van der Waals surface area contributed by atoms with Gasteiger partial charge < -0.3 is 9.72 Å². The Morgan fingerprint density at radius 1 is 1.50 bits per heavy atom. The molecular formula is C15H25N3O3S. The van der Waals surface area contributed by atoms with Gasteiger partial charge in [-0.2, -0.15) is 4.31 Å². The molecular weight excluding hydrogens is 302 g/mol. The molecule has 0 radical (unpaired) electrons. The lowest BCUT2D eigenvalue weighted by Crippen LogP contribution is -2.55. The summed E-state index contributed by atoms with van der Waals surface area (Å²) >= 11 is 0. The van der Waals surface area contributed by atoms with Crippen molar-refractivity contribution < 1.29 is 13.2 Å². The third-order valence-electron chi connectivity index (χ3n) is 5.36. The van der Waals surface area contributed by atoms with Crippen LogP contribution in [0.3, 0.4) is 0 Å². The fourth-order valence-corrected chi connectivity index (χ4v) is 6.02. The van der Waals surface area contributed by atoms with Gasteiger partial charge in [0.25, 0.3) is 10.0 Å². The highest BCUT2D eigenvalue weighted by Gasteiger charge is 2.64. The highest BCUT2D eigenvalue weighted by molar-refractivity contribution is 7.89. The first-order chi connectivity index (χ1) is 10.2. The summed E-state index contributed by atoms with van der Waals surface area (Å²) in [7, 11) is -1.81. The van der Waals surface area contributed by atoms with E-state index in [1.807, 2.05) is 6.92 Å². The molecule has 1 saturated carbocycles. The molecule has 0 aromatic carbocycles. The fourth-order valence-electron chi connectivity index (χ4n) is 4.54. The third kappa shape index (κ3) is 2.21. The topological polar surface area (TPSA) is 75.3 Å². The van der Waals surface area contributed by atoms with Crippen LogP contribution in [0, 0.1) is 16.7 Å². The number of aryl methyl sites for hydroxylation is 1. The minimum Gasteiger partial charge on any atom is -0.384 e. The number of nitrogens with zero attached hydrogens (tertiary/aromatic N) is 2. The molecule has 7 heteroatoms. The quantitative estimate of drug-likeness (QED) is 0.892. The number of rotatable bonds is 5. The number of methoxy groups -OCH3 is 1. The van der Waals surface area contributed by atoms with Gasteiger partial charge in [0.1, 0.15) is 5.82 Å². The van der Waals surface area contributed by atoms with E-state index >= 15 is 0 Å². The summed E-state index contributed by atoms with van der Waals surface area (Å²) in [4.78, 5) is 7.05. The summed E-state index contributed by atoms with van der Waals surface area (Å²) in [6.07, 6.45) is 3.13. The molecule has 0 bridgehead atoms. The molecule has 0 unspecified atom stereocenters. The Labute approximate surface area is 132 Å². The molecule has 22 heavy (non-hydrogen) atoms. The van der Waals surface area contributed by atoms with Crippen molar-refractivity contribution in [3.63, 3.8) is 0 Å². The molecule has 1 N–H and O–H groups in total. The molecule has 2 atom stereocenters. The van der Waals surface area contributed by atoms with Crippen molar-refractivity contribution in [2.45, 2.75) is 38.6 Å².